The average Bonchev–Trinajstić information content (AvgIpc) is 3.46. The van der Waals surface area contributed by atoms with E-state index in [1.807, 2.05) is 19.9 Å². The molecule has 1 fully saturated rings. The Labute approximate surface area is 233 Å². The molecule has 1 aromatic carbocycles. The summed E-state index contributed by atoms with van der Waals surface area (Å²) in [6.45, 7) is 10.6. The molecule has 0 unspecified atom stereocenters. The summed E-state index contributed by atoms with van der Waals surface area (Å²) in [5.74, 6) is -0.645. The Balaban J connectivity index is 1.44. The summed E-state index contributed by atoms with van der Waals surface area (Å²) in [5, 5.41) is 7.86. The number of rotatable bonds is 6. The van der Waals surface area contributed by atoms with Crippen LogP contribution in [0.25, 0.3) is 0 Å². The van der Waals surface area contributed by atoms with E-state index >= 15 is 0 Å². The van der Waals surface area contributed by atoms with E-state index in [1.165, 1.54) is 44.6 Å². The van der Waals surface area contributed by atoms with Gasteiger partial charge >= 0.3 is 0 Å². The van der Waals surface area contributed by atoms with Crippen molar-refractivity contribution in [3.05, 3.63) is 63.3 Å². The molecule has 39 heavy (non-hydrogen) atoms. The lowest BCUT2D eigenvalue weighted by Gasteiger charge is -2.30. The molecule has 4 heterocycles. The summed E-state index contributed by atoms with van der Waals surface area (Å²) in [5.41, 5.74) is 3.27. The van der Waals surface area contributed by atoms with E-state index in [-0.39, 0.29) is 10.8 Å². The molecular weight excluding hydrogens is 534 g/mol. The lowest BCUT2D eigenvalue weighted by Crippen LogP contribution is -2.35. The molecule has 0 atom stereocenters. The van der Waals surface area contributed by atoms with Crippen LogP contribution in [0.1, 0.15) is 75.7 Å². The maximum absolute atomic E-state index is 13.7. The predicted molar refractivity (Wildman–Crippen MR) is 152 cm³/mol. The number of aromatic nitrogens is 2. The Kier molecular flexibility index (Phi) is 7.78. The second-order valence-corrected chi connectivity index (χ2v) is 13.7. The van der Waals surface area contributed by atoms with Crippen LogP contribution in [0.15, 0.2) is 35.2 Å². The minimum absolute atomic E-state index is 0.182. The van der Waals surface area contributed by atoms with E-state index in [2.05, 4.69) is 29.2 Å². The van der Waals surface area contributed by atoms with E-state index in [0.717, 1.165) is 47.6 Å². The highest BCUT2D eigenvalue weighted by Gasteiger charge is 2.31. The first-order valence-electron chi connectivity index (χ1n) is 13.4. The van der Waals surface area contributed by atoms with Crippen molar-refractivity contribution >= 4 is 38.2 Å². The van der Waals surface area contributed by atoms with Crippen molar-refractivity contribution in [3.8, 4) is 0 Å². The lowest BCUT2D eigenvalue weighted by molar-refractivity contribution is 0.0941. The first-order valence-corrected chi connectivity index (χ1v) is 15.7. The van der Waals surface area contributed by atoms with Crippen LogP contribution in [-0.4, -0.2) is 64.9 Å². The van der Waals surface area contributed by atoms with Gasteiger partial charge in [0.2, 0.25) is 10.0 Å². The normalized spacial score (nSPS) is 16.8. The van der Waals surface area contributed by atoms with Crippen molar-refractivity contribution in [1.82, 2.24) is 19.0 Å². The summed E-state index contributed by atoms with van der Waals surface area (Å²) < 4.78 is 28.9. The Morgan fingerprint density at radius 1 is 1.03 bits per heavy atom. The molecule has 1 saturated heterocycles. The Morgan fingerprint density at radius 2 is 1.72 bits per heavy atom. The van der Waals surface area contributed by atoms with Gasteiger partial charge in [0.1, 0.15) is 5.00 Å². The summed E-state index contributed by atoms with van der Waals surface area (Å²) in [4.78, 5) is 30.7. The zero-order valence-electron chi connectivity index (χ0n) is 22.9. The number of carbonyl (C=O) groups is 2. The third-order valence-corrected chi connectivity index (χ3v) is 10.6. The molecule has 5 rings (SSSR count). The fraction of sp³-hybridized carbons (Fsp3) is 0.464. The topological polar surface area (TPSA) is 105 Å². The fourth-order valence-corrected chi connectivity index (χ4v) is 8.10. The van der Waals surface area contributed by atoms with Gasteiger partial charge in [-0.15, -0.1) is 11.3 Å². The third kappa shape index (κ3) is 5.45. The number of hydrogen-bond acceptors (Lipinski definition) is 7. The number of nitrogens with one attached hydrogen (secondary N) is 1. The zero-order valence-corrected chi connectivity index (χ0v) is 24.5. The Morgan fingerprint density at radius 3 is 2.33 bits per heavy atom. The molecule has 0 aliphatic carbocycles. The Bertz CT molecular complexity index is 1500. The average molecular weight is 570 g/mol. The second-order valence-electron chi connectivity index (χ2n) is 10.6. The molecule has 1 amide bonds. The van der Waals surface area contributed by atoms with Crippen molar-refractivity contribution in [2.45, 2.75) is 70.9 Å². The number of piperidine rings is 1. The van der Waals surface area contributed by atoms with Gasteiger partial charge < -0.3 is 5.32 Å². The van der Waals surface area contributed by atoms with Gasteiger partial charge in [-0.3, -0.25) is 14.5 Å². The number of benzene rings is 1. The monoisotopic (exact) mass is 569 g/mol. The minimum atomic E-state index is -3.58. The molecule has 2 aliphatic rings. The van der Waals surface area contributed by atoms with Crippen LogP contribution in [-0.2, 0) is 23.0 Å². The number of carbonyl (C=O) groups excluding carboxylic acids is 2. The van der Waals surface area contributed by atoms with Crippen LogP contribution in [0, 0.1) is 13.8 Å². The summed E-state index contributed by atoms with van der Waals surface area (Å²) >= 11 is 1.43. The van der Waals surface area contributed by atoms with Crippen LogP contribution >= 0.6 is 11.3 Å². The molecule has 0 spiro atoms. The molecule has 0 radical (unpaired) electrons. The minimum Gasteiger partial charge on any atom is -0.313 e. The van der Waals surface area contributed by atoms with Gasteiger partial charge in [-0.05, 0) is 82.9 Å². The number of amides is 1. The highest BCUT2D eigenvalue weighted by atomic mass is 32.2. The van der Waals surface area contributed by atoms with Crippen LogP contribution in [0.5, 0.6) is 0 Å². The van der Waals surface area contributed by atoms with Crippen LogP contribution < -0.4 is 5.32 Å². The van der Waals surface area contributed by atoms with Crippen molar-refractivity contribution in [2.24, 2.45) is 0 Å². The number of aryl methyl sites for hydroxylation is 2. The van der Waals surface area contributed by atoms with Gasteiger partial charge in [-0.25, -0.2) is 13.1 Å². The molecule has 11 heteroatoms. The molecular formula is C28H35N5O4S2. The zero-order chi connectivity index (χ0) is 27.9. The smallest absolute Gasteiger partial charge is 0.281 e. The van der Waals surface area contributed by atoms with Gasteiger partial charge in [0.25, 0.3) is 11.8 Å². The maximum Gasteiger partial charge on any atom is 0.281 e. The standard InChI is InChI=1S/C28H35N5O4S2/c1-18(2)31-15-12-23-24(17-31)38-27(25(23)28(35)33-20(4)16-19(3)30-33)29-26(34)21-8-10-22(11-9-21)39(36,37)32-13-6-5-7-14-32/h8-11,16,18H,5-7,12-15,17H2,1-4H3,(H,29,34). The van der Waals surface area contributed by atoms with Crippen molar-refractivity contribution in [1.29, 1.82) is 0 Å². The van der Waals surface area contributed by atoms with Crippen molar-refractivity contribution in [2.75, 3.05) is 25.0 Å². The number of nitrogens with zero attached hydrogens (tertiary/aromatic N) is 4. The summed E-state index contributed by atoms with van der Waals surface area (Å²) in [6.07, 6.45) is 3.47. The van der Waals surface area contributed by atoms with Gasteiger partial charge in [0, 0.05) is 48.4 Å². The molecule has 1 N–H and O–H groups in total. The molecule has 9 nitrogen and oxygen atoms in total. The van der Waals surface area contributed by atoms with E-state index in [9.17, 15) is 18.0 Å². The fourth-order valence-electron chi connectivity index (χ4n) is 5.33. The molecule has 208 valence electrons. The molecule has 0 saturated carbocycles. The van der Waals surface area contributed by atoms with Crippen molar-refractivity contribution in [3.63, 3.8) is 0 Å². The van der Waals surface area contributed by atoms with Crippen molar-refractivity contribution < 1.29 is 18.0 Å². The number of thiophene rings is 1. The SMILES string of the molecule is Cc1cc(C)n(C(=O)c2c(NC(=O)c3ccc(S(=O)(=O)N4CCCCC4)cc3)sc3c2CCN(C(C)C)C3)n1. The number of hydrogen-bond donors (Lipinski definition) is 1. The van der Waals surface area contributed by atoms with Gasteiger partial charge in [-0.1, -0.05) is 6.42 Å². The van der Waals surface area contributed by atoms with E-state index < -0.39 is 15.9 Å². The number of fused-ring (bicyclic) bond motifs is 1. The Hall–Kier alpha value is -2.86. The molecule has 2 aromatic heterocycles. The predicted octanol–water partition coefficient (Wildman–Crippen LogP) is 4.44. The van der Waals surface area contributed by atoms with Crippen LogP contribution in [0.2, 0.25) is 0 Å². The molecule has 0 bridgehead atoms. The lowest BCUT2D eigenvalue weighted by atomic mass is 10.0. The van der Waals surface area contributed by atoms with E-state index in [1.54, 1.807) is 0 Å². The third-order valence-electron chi connectivity index (χ3n) is 7.53. The first-order chi connectivity index (χ1) is 18.6. The van der Waals surface area contributed by atoms with Gasteiger partial charge in [0.15, 0.2) is 0 Å². The van der Waals surface area contributed by atoms with Crippen LogP contribution in [0.4, 0.5) is 5.00 Å². The number of anilines is 1. The summed E-state index contributed by atoms with van der Waals surface area (Å²) in [7, 11) is -3.58. The highest BCUT2D eigenvalue weighted by molar-refractivity contribution is 7.89. The van der Waals surface area contributed by atoms with Gasteiger partial charge in [0.05, 0.1) is 16.2 Å². The maximum atomic E-state index is 13.7. The van der Waals surface area contributed by atoms with Crippen LogP contribution in [0.3, 0.4) is 0 Å². The quantitative estimate of drug-likeness (QED) is 0.471. The largest absolute Gasteiger partial charge is 0.313 e. The molecule has 2 aliphatic heterocycles. The molecule has 3 aromatic rings. The van der Waals surface area contributed by atoms with E-state index in [4.69, 9.17) is 0 Å². The summed E-state index contributed by atoms with van der Waals surface area (Å²) in [6, 6.07) is 8.26. The van der Waals surface area contributed by atoms with E-state index in [0.29, 0.717) is 48.2 Å². The second kappa shape index (κ2) is 11.0. The van der Waals surface area contributed by atoms with Gasteiger partial charge in [-0.2, -0.15) is 9.40 Å². The first kappa shape index (κ1) is 27.7. The highest BCUT2D eigenvalue weighted by Crippen LogP contribution is 2.38. The number of sulfonamides is 1.